The second kappa shape index (κ2) is 10.1. The minimum absolute atomic E-state index is 0.0591. The van der Waals surface area contributed by atoms with Crippen molar-refractivity contribution in [2.45, 2.75) is 45.6 Å². The zero-order valence-corrected chi connectivity index (χ0v) is 20.4. The van der Waals surface area contributed by atoms with E-state index < -0.39 is 11.9 Å². The molecule has 0 fully saturated rings. The van der Waals surface area contributed by atoms with E-state index in [-0.39, 0.29) is 11.4 Å². The summed E-state index contributed by atoms with van der Waals surface area (Å²) in [6, 6.07) is 20.2. The topological polar surface area (TPSA) is 44.2 Å². The van der Waals surface area contributed by atoms with Crippen molar-refractivity contribution in [2.24, 2.45) is 0 Å². The van der Waals surface area contributed by atoms with E-state index in [0.29, 0.717) is 17.2 Å². The standard InChI is InChI=1S/C27H25F3N2O2S/c1-18-15-22(25-31-14-13-24(32-25)27(28,29)30)35-23(18)17-33-20-11-9-19(10-12-20)16-26(2,3)34-21-7-5-4-6-8-21/h4-15H,16-17H2,1-3H3. The highest BCUT2D eigenvalue weighted by Gasteiger charge is 2.33. The lowest BCUT2D eigenvalue weighted by Crippen LogP contribution is -2.30. The fraction of sp³-hybridized carbons (Fsp3) is 0.259. The number of hydrogen-bond donors (Lipinski definition) is 0. The van der Waals surface area contributed by atoms with Gasteiger partial charge in [-0.3, -0.25) is 0 Å². The van der Waals surface area contributed by atoms with Gasteiger partial charge in [-0.25, -0.2) is 9.97 Å². The molecule has 0 spiro atoms. The van der Waals surface area contributed by atoms with Crippen LogP contribution in [0.25, 0.3) is 10.7 Å². The van der Waals surface area contributed by atoms with Gasteiger partial charge >= 0.3 is 6.18 Å². The quantitative estimate of drug-likeness (QED) is 0.252. The predicted molar refractivity (Wildman–Crippen MR) is 131 cm³/mol. The van der Waals surface area contributed by atoms with E-state index in [1.54, 1.807) is 6.07 Å². The molecule has 0 saturated heterocycles. The first-order valence-corrected chi connectivity index (χ1v) is 11.9. The molecule has 4 rings (SSSR count). The normalized spacial score (nSPS) is 11.9. The Bertz CT molecular complexity index is 1270. The maximum absolute atomic E-state index is 13.0. The third-order valence-corrected chi connectivity index (χ3v) is 6.45. The molecule has 0 saturated carbocycles. The third-order valence-electron chi connectivity index (χ3n) is 5.25. The molecule has 35 heavy (non-hydrogen) atoms. The number of aryl methyl sites for hydroxylation is 1. The molecule has 2 aromatic heterocycles. The predicted octanol–water partition coefficient (Wildman–Crippen LogP) is 7.51. The molecule has 0 aliphatic rings. The van der Waals surface area contributed by atoms with Crippen LogP contribution >= 0.6 is 11.3 Å². The number of para-hydroxylation sites is 1. The Morgan fingerprint density at radius 2 is 1.63 bits per heavy atom. The van der Waals surface area contributed by atoms with Gasteiger partial charge < -0.3 is 9.47 Å². The number of alkyl halides is 3. The fourth-order valence-corrected chi connectivity index (χ4v) is 4.62. The lowest BCUT2D eigenvalue weighted by molar-refractivity contribution is -0.141. The maximum atomic E-state index is 13.0. The second-order valence-corrected chi connectivity index (χ2v) is 9.90. The summed E-state index contributed by atoms with van der Waals surface area (Å²) in [7, 11) is 0. The Balaban J connectivity index is 1.38. The molecule has 0 N–H and O–H groups in total. The van der Waals surface area contributed by atoms with Gasteiger partial charge in [0.25, 0.3) is 0 Å². The van der Waals surface area contributed by atoms with Crippen LogP contribution in [0.15, 0.2) is 72.9 Å². The Morgan fingerprint density at radius 3 is 2.31 bits per heavy atom. The number of benzene rings is 2. The lowest BCUT2D eigenvalue weighted by atomic mass is 9.98. The van der Waals surface area contributed by atoms with E-state index in [0.717, 1.165) is 40.4 Å². The van der Waals surface area contributed by atoms with Crippen molar-refractivity contribution in [3.05, 3.63) is 94.6 Å². The molecule has 4 nitrogen and oxygen atoms in total. The molecule has 8 heteroatoms. The van der Waals surface area contributed by atoms with Crippen molar-refractivity contribution in [3.63, 3.8) is 0 Å². The minimum Gasteiger partial charge on any atom is -0.488 e. The van der Waals surface area contributed by atoms with Crippen molar-refractivity contribution >= 4 is 11.3 Å². The van der Waals surface area contributed by atoms with Crippen LogP contribution in [0.3, 0.4) is 0 Å². The molecule has 0 aliphatic heterocycles. The summed E-state index contributed by atoms with van der Waals surface area (Å²) in [6.45, 7) is 6.30. The molecule has 2 heterocycles. The Morgan fingerprint density at radius 1 is 0.914 bits per heavy atom. The molecule has 0 radical (unpaired) electrons. The molecule has 2 aromatic carbocycles. The van der Waals surface area contributed by atoms with Gasteiger partial charge in [0.2, 0.25) is 0 Å². The highest BCUT2D eigenvalue weighted by Crippen LogP contribution is 2.33. The number of thiophene rings is 1. The first-order chi connectivity index (χ1) is 16.6. The van der Waals surface area contributed by atoms with Crippen LogP contribution in [0.2, 0.25) is 0 Å². The Kier molecular flexibility index (Phi) is 7.12. The summed E-state index contributed by atoms with van der Waals surface area (Å²) in [4.78, 5) is 9.16. The molecular formula is C27H25F3N2O2S. The van der Waals surface area contributed by atoms with Crippen molar-refractivity contribution < 1.29 is 22.6 Å². The van der Waals surface area contributed by atoms with E-state index in [1.165, 1.54) is 11.3 Å². The molecule has 0 bridgehead atoms. The number of aromatic nitrogens is 2. The van der Waals surface area contributed by atoms with Gasteiger partial charge in [-0.2, -0.15) is 13.2 Å². The largest absolute Gasteiger partial charge is 0.488 e. The van der Waals surface area contributed by atoms with Gasteiger partial charge in [0.05, 0.1) is 4.88 Å². The summed E-state index contributed by atoms with van der Waals surface area (Å²) in [5.41, 5.74) is 0.709. The van der Waals surface area contributed by atoms with E-state index >= 15 is 0 Å². The maximum Gasteiger partial charge on any atom is 0.433 e. The van der Waals surface area contributed by atoms with Crippen molar-refractivity contribution in [3.8, 4) is 22.2 Å². The van der Waals surface area contributed by atoms with Gasteiger partial charge in [-0.05, 0) is 68.3 Å². The molecule has 0 unspecified atom stereocenters. The Hall–Kier alpha value is -3.39. The van der Waals surface area contributed by atoms with Crippen LogP contribution in [0, 0.1) is 6.92 Å². The summed E-state index contributed by atoms with van der Waals surface area (Å²) >= 11 is 1.33. The summed E-state index contributed by atoms with van der Waals surface area (Å²) in [5.74, 6) is 1.60. The van der Waals surface area contributed by atoms with Crippen molar-refractivity contribution in [1.82, 2.24) is 9.97 Å². The van der Waals surface area contributed by atoms with Crippen molar-refractivity contribution in [2.75, 3.05) is 0 Å². The monoisotopic (exact) mass is 498 g/mol. The number of ether oxygens (including phenoxy) is 2. The third kappa shape index (κ3) is 6.60. The van der Waals surface area contributed by atoms with Crippen LogP contribution in [0.4, 0.5) is 13.2 Å². The molecule has 182 valence electrons. The van der Waals surface area contributed by atoms with Crippen LogP contribution < -0.4 is 9.47 Å². The van der Waals surface area contributed by atoms with Gasteiger partial charge in [0.1, 0.15) is 29.4 Å². The van der Waals surface area contributed by atoms with E-state index in [4.69, 9.17) is 9.47 Å². The minimum atomic E-state index is -4.51. The van der Waals surface area contributed by atoms with Gasteiger partial charge in [0, 0.05) is 17.5 Å². The molecule has 0 amide bonds. The fourth-order valence-electron chi connectivity index (χ4n) is 3.60. The summed E-state index contributed by atoms with van der Waals surface area (Å²) < 4.78 is 51.0. The van der Waals surface area contributed by atoms with Crippen LogP contribution in [-0.4, -0.2) is 15.6 Å². The summed E-state index contributed by atoms with van der Waals surface area (Å²) in [5, 5.41) is 0. The van der Waals surface area contributed by atoms with Crippen LogP contribution in [0.5, 0.6) is 11.5 Å². The zero-order valence-electron chi connectivity index (χ0n) is 19.6. The number of halogens is 3. The van der Waals surface area contributed by atoms with Gasteiger partial charge in [-0.1, -0.05) is 30.3 Å². The molecular weight excluding hydrogens is 473 g/mol. The molecule has 0 atom stereocenters. The highest BCUT2D eigenvalue weighted by molar-refractivity contribution is 7.15. The Labute approximate surface area is 206 Å². The SMILES string of the molecule is Cc1cc(-c2nccc(C(F)(F)F)n2)sc1COc1ccc(CC(C)(C)Oc2ccccc2)cc1. The highest BCUT2D eigenvalue weighted by atomic mass is 32.1. The van der Waals surface area contributed by atoms with E-state index in [9.17, 15) is 13.2 Å². The van der Waals surface area contributed by atoms with Gasteiger partial charge in [0.15, 0.2) is 5.82 Å². The second-order valence-electron chi connectivity index (χ2n) is 8.76. The smallest absolute Gasteiger partial charge is 0.433 e. The van der Waals surface area contributed by atoms with Crippen LogP contribution in [0.1, 0.15) is 35.5 Å². The van der Waals surface area contributed by atoms with Crippen molar-refractivity contribution in [1.29, 1.82) is 0 Å². The number of hydrogen-bond acceptors (Lipinski definition) is 5. The average molecular weight is 499 g/mol. The first kappa shape index (κ1) is 24.7. The van der Waals surface area contributed by atoms with E-state index in [1.807, 2.05) is 61.5 Å². The number of nitrogens with zero attached hydrogens (tertiary/aromatic N) is 2. The van der Waals surface area contributed by atoms with Gasteiger partial charge in [-0.15, -0.1) is 11.3 Å². The summed E-state index contributed by atoms with van der Waals surface area (Å²) in [6.07, 6.45) is -2.65. The number of rotatable bonds is 8. The zero-order chi connectivity index (χ0) is 25.1. The van der Waals surface area contributed by atoms with E-state index in [2.05, 4.69) is 23.8 Å². The van der Waals surface area contributed by atoms with Crippen LogP contribution in [-0.2, 0) is 19.2 Å². The molecule has 0 aliphatic carbocycles. The first-order valence-electron chi connectivity index (χ1n) is 11.0. The average Bonchev–Trinajstić information content (AvgIpc) is 3.19. The molecule has 4 aromatic rings. The lowest BCUT2D eigenvalue weighted by Gasteiger charge is -2.26.